The molecule has 2 aliphatic rings. The third kappa shape index (κ3) is 4.42. The Morgan fingerprint density at radius 1 is 1.20 bits per heavy atom. The summed E-state index contributed by atoms with van der Waals surface area (Å²) in [5, 5.41) is 0. The minimum absolute atomic E-state index is 0.385. The number of piperidine rings is 1. The number of morpholine rings is 1. The number of ether oxygens (including phenoxy) is 1. The molecule has 5 nitrogen and oxygen atoms in total. The van der Waals surface area contributed by atoms with Crippen LogP contribution >= 0.6 is 0 Å². The third-order valence-corrected chi connectivity index (χ3v) is 7.52. The van der Waals surface area contributed by atoms with E-state index in [4.69, 9.17) is 4.74 Å². The SMILES string of the molecule is CCC1(C)CCCN(Cc2cccc(S(=O)(=O)N3CCOCC3)c2)C1. The van der Waals surface area contributed by atoms with Gasteiger partial charge >= 0.3 is 0 Å². The molecule has 140 valence electrons. The van der Waals surface area contributed by atoms with Crippen LogP contribution in [-0.4, -0.2) is 57.0 Å². The maximum Gasteiger partial charge on any atom is 0.243 e. The lowest BCUT2D eigenvalue weighted by Gasteiger charge is -2.40. The van der Waals surface area contributed by atoms with Crippen LogP contribution < -0.4 is 0 Å². The zero-order valence-electron chi connectivity index (χ0n) is 15.4. The highest BCUT2D eigenvalue weighted by atomic mass is 32.2. The summed E-state index contributed by atoms with van der Waals surface area (Å²) in [6.07, 6.45) is 3.69. The van der Waals surface area contributed by atoms with Gasteiger partial charge in [0.2, 0.25) is 10.0 Å². The van der Waals surface area contributed by atoms with E-state index in [0.29, 0.717) is 36.6 Å². The third-order valence-electron chi connectivity index (χ3n) is 5.63. The molecule has 0 radical (unpaired) electrons. The number of rotatable bonds is 5. The summed E-state index contributed by atoms with van der Waals surface area (Å²) < 4.78 is 32.5. The molecular weight excluding hydrogens is 336 g/mol. The van der Waals surface area contributed by atoms with Crippen LogP contribution in [0, 0.1) is 5.41 Å². The Balaban J connectivity index is 1.73. The second kappa shape index (κ2) is 7.74. The average Bonchev–Trinajstić information content (AvgIpc) is 2.63. The lowest BCUT2D eigenvalue weighted by Crippen LogP contribution is -2.41. The number of hydrogen-bond donors (Lipinski definition) is 0. The number of hydrogen-bond acceptors (Lipinski definition) is 4. The van der Waals surface area contributed by atoms with Crippen LogP contribution in [0.3, 0.4) is 0 Å². The quantitative estimate of drug-likeness (QED) is 0.804. The lowest BCUT2D eigenvalue weighted by molar-refractivity contribution is 0.0730. The molecule has 3 rings (SSSR count). The standard InChI is InChI=1S/C19H30N2O3S/c1-3-19(2)8-5-9-20(16-19)15-17-6-4-7-18(14-17)25(22,23)21-10-12-24-13-11-21/h4,6-7,14H,3,5,8-13,15-16H2,1-2H3. The zero-order chi connectivity index (χ0) is 17.9. The van der Waals surface area contributed by atoms with Crippen LogP contribution in [0.1, 0.15) is 38.7 Å². The lowest BCUT2D eigenvalue weighted by atomic mass is 9.79. The first-order valence-corrected chi connectivity index (χ1v) is 10.8. The highest BCUT2D eigenvalue weighted by Gasteiger charge is 2.30. The van der Waals surface area contributed by atoms with Crippen molar-refractivity contribution in [3.63, 3.8) is 0 Å². The van der Waals surface area contributed by atoms with Gasteiger partial charge in [0.25, 0.3) is 0 Å². The molecule has 1 aromatic rings. The molecule has 0 bridgehead atoms. The van der Waals surface area contributed by atoms with Crippen LogP contribution in [0.25, 0.3) is 0 Å². The van der Waals surface area contributed by atoms with E-state index in [-0.39, 0.29) is 0 Å². The molecular formula is C19H30N2O3S. The molecule has 2 aliphatic heterocycles. The topological polar surface area (TPSA) is 49.9 Å². The first-order chi connectivity index (χ1) is 11.9. The number of nitrogens with zero attached hydrogens (tertiary/aromatic N) is 2. The monoisotopic (exact) mass is 366 g/mol. The fraction of sp³-hybridized carbons (Fsp3) is 0.684. The normalized spacial score (nSPS) is 26.6. The molecule has 0 spiro atoms. The molecule has 0 N–H and O–H groups in total. The molecule has 0 amide bonds. The van der Waals surface area contributed by atoms with Crippen LogP contribution in [0.15, 0.2) is 29.2 Å². The smallest absolute Gasteiger partial charge is 0.243 e. The van der Waals surface area contributed by atoms with Gasteiger partial charge in [0, 0.05) is 26.2 Å². The minimum atomic E-state index is -3.42. The Morgan fingerprint density at radius 3 is 2.68 bits per heavy atom. The molecule has 1 unspecified atom stereocenters. The van der Waals surface area contributed by atoms with Crippen LogP contribution in [0.2, 0.25) is 0 Å². The van der Waals surface area contributed by atoms with Crippen LogP contribution in [-0.2, 0) is 21.3 Å². The van der Waals surface area contributed by atoms with Gasteiger partial charge in [-0.05, 0) is 48.9 Å². The second-order valence-electron chi connectivity index (χ2n) is 7.64. The second-order valence-corrected chi connectivity index (χ2v) is 9.58. The van der Waals surface area contributed by atoms with E-state index >= 15 is 0 Å². The van der Waals surface area contributed by atoms with Gasteiger partial charge in [0.15, 0.2) is 0 Å². The fourth-order valence-corrected chi connectivity index (χ4v) is 5.33. The van der Waals surface area contributed by atoms with Crippen molar-refractivity contribution in [3.8, 4) is 0 Å². The number of benzene rings is 1. The van der Waals surface area contributed by atoms with Crippen molar-refractivity contribution in [1.29, 1.82) is 0 Å². The summed E-state index contributed by atoms with van der Waals surface area (Å²) in [7, 11) is -3.42. The minimum Gasteiger partial charge on any atom is -0.379 e. The molecule has 0 saturated carbocycles. The summed E-state index contributed by atoms with van der Waals surface area (Å²) >= 11 is 0. The molecule has 2 heterocycles. The van der Waals surface area contributed by atoms with Crippen molar-refractivity contribution in [2.75, 3.05) is 39.4 Å². The van der Waals surface area contributed by atoms with Crippen LogP contribution in [0.5, 0.6) is 0 Å². The van der Waals surface area contributed by atoms with Gasteiger partial charge < -0.3 is 4.74 Å². The molecule has 2 saturated heterocycles. The van der Waals surface area contributed by atoms with Gasteiger partial charge in [-0.25, -0.2) is 8.42 Å². The summed E-state index contributed by atoms with van der Waals surface area (Å²) in [4.78, 5) is 2.87. The van der Waals surface area contributed by atoms with Gasteiger partial charge in [-0.3, -0.25) is 4.90 Å². The van der Waals surface area contributed by atoms with Gasteiger partial charge in [0.05, 0.1) is 18.1 Å². The highest BCUT2D eigenvalue weighted by molar-refractivity contribution is 7.89. The van der Waals surface area contributed by atoms with E-state index in [1.54, 1.807) is 6.07 Å². The van der Waals surface area contributed by atoms with Crippen molar-refractivity contribution >= 4 is 10.0 Å². The maximum atomic E-state index is 12.8. The molecule has 0 aromatic heterocycles. The maximum absolute atomic E-state index is 12.8. The van der Waals surface area contributed by atoms with E-state index < -0.39 is 10.0 Å². The Kier molecular flexibility index (Phi) is 5.83. The summed E-state index contributed by atoms with van der Waals surface area (Å²) in [5.41, 5.74) is 1.46. The van der Waals surface area contributed by atoms with Crippen molar-refractivity contribution < 1.29 is 13.2 Å². The Morgan fingerprint density at radius 2 is 1.96 bits per heavy atom. The van der Waals surface area contributed by atoms with E-state index in [1.807, 2.05) is 18.2 Å². The summed E-state index contributed by atoms with van der Waals surface area (Å²) in [6.45, 7) is 9.45. The summed E-state index contributed by atoms with van der Waals surface area (Å²) in [5.74, 6) is 0. The molecule has 1 atom stereocenters. The predicted molar refractivity (Wildman–Crippen MR) is 98.9 cm³/mol. The predicted octanol–water partition coefficient (Wildman–Crippen LogP) is 2.72. The van der Waals surface area contributed by atoms with E-state index in [0.717, 1.165) is 25.2 Å². The highest BCUT2D eigenvalue weighted by Crippen LogP contribution is 2.33. The van der Waals surface area contributed by atoms with Crippen molar-refractivity contribution in [1.82, 2.24) is 9.21 Å². The number of likely N-dealkylation sites (tertiary alicyclic amines) is 1. The molecule has 6 heteroatoms. The largest absolute Gasteiger partial charge is 0.379 e. The van der Waals surface area contributed by atoms with Crippen molar-refractivity contribution in [3.05, 3.63) is 29.8 Å². The Hall–Kier alpha value is -0.950. The van der Waals surface area contributed by atoms with Gasteiger partial charge in [-0.1, -0.05) is 26.0 Å². The van der Waals surface area contributed by atoms with E-state index in [9.17, 15) is 8.42 Å². The molecule has 1 aromatic carbocycles. The van der Waals surface area contributed by atoms with Crippen molar-refractivity contribution in [2.24, 2.45) is 5.41 Å². The Bertz CT molecular complexity index is 686. The molecule has 25 heavy (non-hydrogen) atoms. The Labute approximate surface area is 152 Å². The van der Waals surface area contributed by atoms with Gasteiger partial charge in [-0.2, -0.15) is 4.31 Å². The first-order valence-electron chi connectivity index (χ1n) is 9.32. The first kappa shape index (κ1) is 18.8. The number of sulfonamides is 1. The van der Waals surface area contributed by atoms with Crippen molar-refractivity contribution in [2.45, 2.75) is 44.6 Å². The van der Waals surface area contributed by atoms with E-state index in [2.05, 4.69) is 18.7 Å². The average molecular weight is 367 g/mol. The molecule has 0 aliphatic carbocycles. The molecule has 2 fully saturated rings. The van der Waals surface area contributed by atoms with Gasteiger partial charge in [0.1, 0.15) is 0 Å². The zero-order valence-corrected chi connectivity index (χ0v) is 16.2. The fourth-order valence-electron chi connectivity index (χ4n) is 3.85. The van der Waals surface area contributed by atoms with Crippen LogP contribution in [0.4, 0.5) is 0 Å². The van der Waals surface area contributed by atoms with E-state index in [1.165, 1.54) is 23.6 Å². The summed E-state index contributed by atoms with van der Waals surface area (Å²) in [6, 6.07) is 7.46. The van der Waals surface area contributed by atoms with Gasteiger partial charge in [-0.15, -0.1) is 0 Å².